The zero-order valence-corrected chi connectivity index (χ0v) is 16.4. The second-order valence-corrected chi connectivity index (χ2v) is 7.66. The number of rotatable bonds is 5. The van der Waals surface area contributed by atoms with Crippen LogP contribution in [0.4, 0.5) is 0 Å². The van der Waals surface area contributed by atoms with Gasteiger partial charge in [-0.2, -0.15) is 0 Å². The quantitative estimate of drug-likeness (QED) is 0.503. The van der Waals surface area contributed by atoms with Crippen molar-refractivity contribution < 1.29 is 14.4 Å². The van der Waals surface area contributed by atoms with E-state index < -0.39 is 11.7 Å². The molecule has 9 heteroatoms. The highest BCUT2D eigenvalue weighted by Crippen LogP contribution is 2.23. The largest absolute Gasteiger partial charge is 0.363 e. The third-order valence-electron chi connectivity index (χ3n) is 4.88. The Balaban J connectivity index is 1.46. The van der Waals surface area contributed by atoms with Gasteiger partial charge in [-0.15, -0.1) is 11.3 Å². The van der Waals surface area contributed by atoms with Crippen LogP contribution in [-0.2, 0) is 11.3 Å². The molecule has 1 fully saturated rings. The van der Waals surface area contributed by atoms with Gasteiger partial charge in [-0.1, -0.05) is 30.3 Å². The van der Waals surface area contributed by atoms with Crippen LogP contribution in [-0.4, -0.2) is 63.5 Å². The number of primary amides is 1. The lowest BCUT2D eigenvalue weighted by Crippen LogP contribution is -2.48. The van der Waals surface area contributed by atoms with Gasteiger partial charge in [0.2, 0.25) is 0 Å². The number of benzene rings is 1. The van der Waals surface area contributed by atoms with E-state index in [9.17, 15) is 14.4 Å². The van der Waals surface area contributed by atoms with Gasteiger partial charge in [0.1, 0.15) is 16.0 Å². The fourth-order valence-electron chi connectivity index (χ4n) is 3.32. The van der Waals surface area contributed by atoms with E-state index in [1.165, 1.54) is 28.5 Å². The summed E-state index contributed by atoms with van der Waals surface area (Å²) in [5, 5.41) is 1.49. The van der Waals surface area contributed by atoms with Gasteiger partial charge in [-0.3, -0.25) is 19.3 Å². The summed E-state index contributed by atoms with van der Waals surface area (Å²) in [7, 11) is 0. The normalized spacial score (nSPS) is 14.8. The minimum absolute atomic E-state index is 0.0901. The lowest BCUT2D eigenvalue weighted by Gasteiger charge is -2.34. The van der Waals surface area contributed by atoms with E-state index in [0.717, 1.165) is 19.6 Å². The highest BCUT2D eigenvalue weighted by Gasteiger charge is 2.25. The summed E-state index contributed by atoms with van der Waals surface area (Å²) in [5.74, 6) is -2.12. The number of hydrogen-bond donors (Lipinski definition) is 1. The number of ketones is 1. The van der Waals surface area contributed by atoms with E-state index in [1.54, 1.807) is 4.90 Å². The molecule has 0 spiro atoms. The van der Waals surface area contributed by atoms with E-state index in [1.807, 2.05) is 18.2 Å². The standard InChI is InChI=1S/C20H19N5O3S/c21-18(27)17(26)14-12-29-19-16(14)23-15(10-22-19)20(28)25-8-6-24(7-9-25)11-13-4-2-1-3-5-13/h1-5,10,12H,6-9,11H2,(H2,21,27). The Morgan fingerprint density at radius 2 is 1.79 bits per heavy atom. The topological polar surface area (TPSA) is 109 Å². The molecule has 4 rings (SSSR count). The van der Waals surface area contributed by atoms with E-state index in [0.29, 0.717) is 17.9 Å². The SMILES string of the molecule is NC(=O)C(=O)c1csc2ncc(C(=O)N3CCN(Cc4ccccc4)CC3)nc12. The van der Waals surface area contributed by atoms with Crippen molar-refractivity contribution in [2.24, 2.45) is 5.73 Å². The first kappa shape index (κ1) is 19.2. The minimum atomic E-state index is -1.06. The number of nitrogens with two attached hydrogens (primary N) is 1. The van der Waals surface area contributed by atoms with Crippen LogP contribution in [0.1, 0.15) is 26.4 Å². The summed E-state index contributed by atoms with van der Waals surface area (Å²) < 4.78 is 0. The maximum Gasteiger partial charge on any atom is 0.289 e. The number of carbonyl (C=O) groups excluding carboxylic acids is 3. The third kappa shape index (κ3) is 4.01. The van der Waals surface area contributed by atoms with Crippen LogP contribution in [0.2, 0.25) is 0 Å². The van der Waals surface area contributed by atoms with Crippen molar-refractivity contribution in [2.45, 2.75) is 6.54 Å². The first-order valence-corrected chi connectivity index (χ1v) is 10.0. The van der Waals surface area contributed by atoms with Crippen molar-refractivity contribution in [3.05, 3.63) is 58.7 Å². The molecule has 2 N–H and O–H groups in total. The van der Waals surface area contributed by atoms with E-state index in [2.05, 4.69) is 27.0 Å². The molecule has 1 aromatic carbocycles. The van der Waals surface area contributed by atoms with Crippen LogP contribution in [0.15, 0.2) is 41.9 Å². The fraction of sp³-hybridized carbons (Fsp3) is 0.250. The number of nitrogens with zero attached hydrogens (tertiary/aromatic N) is 4. The minimum Gasteiger partial charge on any atom is -0.363 e. The summed E-state index contributed by atoms with van der Waals surface area (Å²) in [6, 6.07) is 10.2. The Labute approximate surface area is 171 Å². The molecule has 0 unspecified atom stereocenters. The number of fused-ring (bicyclic) bond motifs is 1. The molecule has 8 nitrogen and oxygen atoms in total. The number of aromatic nitrogens is 2. The lowest BCUT2D eigenvalue weighted by atomic mass is 10.2. The summed E-state index contributed by atoms with van der Waals surface area (Å²) in [5.41, 5.74) is 6.82. The average molecular weight is 409 g/mol. The van der Waals surface area contributed by atoms with Gasteiger partial charge in [0.25, 0.3) is 17.6 Å². The number of piperazine rings is 1. The predicted molar refractivity (Wildman–Crippen MR) is 109 cm³/mol. The Morgan fingerprint density at radius 3 is 2.48 bits per heavy atom. The van der Waals surface area contributed by atoms with Crippen LogP contribution < -0.4 is 5.73 Å². The maximum absolute atomic E-state index is 12.9. The molecule has 1 aliphatic rings. The van der Waals surface area contributed by atoms with Crippen molar-refractivity contribution in [3.63, 3.8) is 0 Å². The van der Waals surface area contributed by atoms with Gasteiger partial charge in [0.05, 0.1) is 11.8 Å². The first-order valence-electron chi connectivity index (χ1n) is 9.17. The summed E-state index contributed by atoms with van der Waals surface area (Å²) in [4.78, 5) is 49.1. The van der Waals surface area contributed by atoms with Gasteiger partial charge in [0.15, 0.2) is 0 Å². The average Bonchev–Trinajstić information content (AvgIpc) is 3.17. The summed E-state index contributed by atoms with van der Waals surface area (Å²) in [6.45, 7) is 3.55. The monoisotopic (exact) mass is 409 g/mol. The molecule has 29 heavy (non-hydrogen) atoms. The number of carbonyl (C=O) groups is 3. The summed E-state index contributed by atoms with van der Waals surface area (Å²) >= 11 is 1.18. The van der Waals surface area contributed by atoms with Gasteiger partial charge in [-0.25, -0.2) is 9.97 Å². The molecule has 0 radical (unpaired) electrons. The van der Waals surface area contributed by atoms with E-state index in [-0.39, 0.29) is 22.7 Å². The van der Waals surface area contributed by atoms with Crippen molar-refractivity contribution in [1.29, 1.82) is 0 Å². The third-order valence-corrected chi connectivity index (χ3v) is 5.75. The zero-order valence-electron chi connectivity index (χ0n) is 15.6. The first-order chi connectivity index (χ1) is 14.0. The number of Topliss-reactive ketones (excluding diaryl/α,β-unsaturated/α-hetero) is 1. The van der Waals surface area contributed by atoms with Gasteiger partial charge >= 0.3 is 0 Å². The number of thiophene rings is 1. The Hall–Kier alpha value is -3.17. The maximum atomic E-state index is 12.9. The molecular weight excluding hydrogens is 390 g/mol. The summed E-state index contributed by atoms with van der Waals surface area (Å²) in [6.07, 6.45) is 1.41. The van der Waals surface area contributed by atoms with Gasteiger partial charge < -0.3 is 10.6 Å². The van der Waals surface area contributed by atoms with Gasteiger partial charge in [0, 0.05) is 38.1 Å². The molecule has 148 valence electrons. The second-order valence-electron chi connectivity index (χ2n) is 6.81. The van der Waals surface area contributed by atoms with Crippen molar-refractivity contribution in [3.8, 4) is 0 Å². The van der Waals surface area contributed by atoms with Crippen LogP contribution in [0.5, 0.6) is 0 Å². The van der Waals surface area contributed by atoms with Crippen LogP contribution in [0.25, 0.3) is 10.3 Å². The van der Waals surface area contributed by atoms with Crippen LogP contribution >= 0.6 is 11.3 Å². The lowest BCUT2D eigenvalue weighted by molar-refractivity contribution is -0.114. The fourth-order valence-corrected chi connectivity index (χ4v) is 4.15. The molecule has 0 aliphatic carbocycles. The highest BCUT2D eigenvalue weighted by atomic mass is 32.1. The van der Waals surface area contributed by atoms with Crippen LogP contribution in [0.3, 0.4) is 0 Å². The molecule has 3 aromatic rings. The van der Waals surface area contributed by atoms with Crippen molar-refractivity contribution in [2.75, 3.05) is 26.2 Å². The molecule has 2 amide bonds. The molecule has 3 heterocycles. The molecule has 0 saturated carbocycles. The molecule has 0 bridgehead atoms. The second kappa shape index (κ2) is 8.06. The highest BCUT2D eigenvalue weighted by molar-refractivity contribution is 7.17. The Bertz CT molecular complexity index is 1070. The Morgan fingerprint density at radius 1 is 1.07 bits per heavy atom. The van der Waals surface area contributed by atoms with Crippen molar-refractivity contribution >= 4 is 39.3 Å². The van der Waals surface area contributed by atoms with E-state index in [4.69, 9.17) is 5.73 Å². The molecule has 1 saturated heterocycles. The smallest absolute Gasteiger partial charge is 0.289 e. The Kier molecular flexibility index (Phi) is 5.32. The van der Waals surface area contributed by atoms with Crippen molar-refractivity contribution in [1.82, 2.24) is 19.8 Å². The zero-order chi connectivity index (χ0) is 20.4. The molecule has 1 aliphatic heterocycles. The molecule has 2 aromatic heterocycles. The van der Waals surface area contributed by atoms with Crippen LogP contribution in [0, 0.1) is 0 Å². The number of hydrogen-bond acceptors (Lipinski definition) is 7. The number of amides is 2. The molecule has 0 atom stereocenters. The van der Waals surface area contributed by atoms with E-state index >= 15 is 0 Å². The predicted octanol–water partition coefficient (Wildman–Crippen LogP) is 1.32. The molecular formula is C20H19N5O3S. The van der Waals surface area contributed by atoms with Gasteiger partial charge in [-0.05, 0) is 5.56 Å².